The summed E-state index contributed by atoms with van der Waals surface area (Å²) in [4.78, 5) is 35.2. The molecule has 1 aliphatic heterocycles. The second-order valence-corrected chi connectivity index (χ2v) is 6.95. The Balaban J connectivity index is 1.45. The Morgan fingerprint density at radius 3 is 2.74 bits per heavy atom. The average molecular weight is 492 g/mol. The zero-order valence-electron chi connectivity index (χ0n) is 16.3. The van der Waals surface area contributed by atoms with Gasteiger partial charge < -0.3 is 24.3 Å². The van der Waals surface area contributed by atoms with Crippen LogP contribution in [0.4, 0.5) is 0 Å². The Labute approximate surface area is 185 Å². The summed E-state index contributed by atoms with van der Waals surface area (Å²) < 4.78 is 20.8. The summed E-state index contributed by atoms with van der Waals surface area (Å²) in [6.07, 6.45) is 1.42. The first kappa shape index (κ1) is 22.1. The molecule has 2 aromatic carbocycles. The molecule has 2 amide bonds. The second-order valence-electron chi connectivity index (χ2n) is 6.10. The summed E-state index contributed by atoms with van der Waals surface area (Å²) in [6.45, 7) is -0.355. The summed E-state index contributed by atoms with van der Waals surface area (Å²) in [5.74, 6) is 0.0860. The van der Waals surface area contributed by atoms with Crippen molar-refractivity contribution in [1.82, 2.24) is 10.7 Å². The fourth-order valence-corrected chi connectivity index (χ4v) is 2.94. The van der Waals surface area contributed by atoms with Crippen molar-refractivity contribution in [1.29, 1.82) is 0 Å². The molecular formula is C20H18BrN3O7. The van der Waals surface area contributed by atoms with Crippen molar-refractivity contribution in [3.8, 4) is 17.2 Å². The van der Waals surface area contributed by atoms with Gasteiger partial charge in [0, 0.05) is 5.56 Å². The van der Waals surface area contributed by atoms with Crippen LogP contribution in [0, 0.1) is 0 Å². The van der Waals surface area contributed by atoms with E-state index >= 15 is 0 Å². The van der Waals surface area contributed by atoms with E-state index in [1.807, 2.05) is 0 Å². The van der Waals surface area contributed by atoms with Crippen LogP contribution in [0.15, 0.2) is 46.0 Å². The van der Waals surface area contributed by atoms with Gasteiger partial charge in [-0.3, -0.25) is 9.59 Å². The topological polar surface area (TPSA) is 125 Å². The number of esters is 1. The van der Waals surface area contributed by atoms with E-state index in [9.17, 15) is 14.4 Å². The summed E-state index contributed by atoms with van der Waals surface area (Å²) in [7, 11) is 1.28. The minimum atomic E-state index is -0.498. The lowest BCUT2D eigenvalue weighted by molar-refractivity contribution is -0.142. The van der Waals surface area contributed by atoms with Gasteiger partial charge in [-0.2, -0.15) is 5.10 Å². The molecule has 3 rings (SSSR count). The minimum Gasteiger partial charge on any atom is -0.481 e. The van der Waals surface area contributed by atoms with Crippen LogP contribution in [-0.4, -0.2) is 51.1 Å². The molecule has 0 bridgehead atoms. The lowest BCUT2D eigenvalue weighted by Gasteiger charge is -2.07. The number of rotatable bonds is 8. The number of nitrogens with zero attached hydrogens (tertiary/aromatic N) is 1. The fraction of sp³-hybridized carbons (Fsp3) is 0.200. The van der Waals surface area contributed by atoms with E-state index in [4.69, 9.17) is 14.2 Å². The maximum absolute atomic E-state index is 12.2. The molecule has 0 spiro atoms. The lowest BCUT2D eigenvalue weighted by Crippen LogP contribution is -2.34. The first-order valence-corrected chi connectivity index (χ1v) is 9.74. The Kier molecular flexibility index (Phi) is 7.44. The Bertz CT molecular complexity index is 1030. The Hall–Kier alpha value is -3.60. The van der Waals surface area contributed by atoms with Gasteiger partial charge in [0.25, 0.3) is 11.8 Å². The van der Waals surface area contributed by atoms with Crippen molar-refractivity contribution >= 4 is 39.9 Å². The van der Waals surface area contributed by atoms with Gasteiger partial charge in [-0.15, -0.1) is 0 Å². The molecule has 0 saturated carbocycles. The number of ether oxygens (including phenoxy) is 4. The number of carbonyl (C=O) groups excluding carboxylic acids is 3. The first-order valence-electron chi connectivity index (χ1n) is 8.95. The molecule has 10 nitrogen and oxygen atoms in total. The number of nitrogens with one attached hydrogen (secondary N) is 2. The van der Waals surface area contributed by atoms with Gasteiger partial charge in [-0.25, -0.2) is 10.2 Å². The number of carbonyl (C=O) groups is 3. The number of hydrazone groups is 1. The molecule has 1 heterocycles. The molecule has 0 saturated heterocycles. The molecule has 0 fully saturated rings. The van der Waals surface area contributed by atoms with Crippen LogP contribution in [0.3, 0.4) is 0 Å². The lowest BCUT2D eigenvalue weighted by atomic mass is 10.2. The molecule has 0 unspecified atom stereocenters. The number of hydrogen-bond acceptors (Lipinski definition) is 8. The van der Waals surface area contributed by atoms with Crippen molar-refractivity contribution in [3.63, 3.8) is 0 Å². The highest BCUT2D eigenvalue weighted by Crippen LogP contribution is 2.32. The third-order valence-electron chi connectivity index (χ3n) is 3.98. The first-order chi connectivity index (χ1) is 15.0. The predicted octanol–water partition coefficient (Wildman–Crippen LogP) is 1.61. The van der Waals surface area contributed by atoms with Gasteiger partial charge in [-0.05, 0) is 57.9 Å². The summed E-state index contributed by atoms with van der Waals surface area (Å²) in [6, 6.07) is 9.78. The van der Waals surface area contributed by atoms with E-state index in [0.29, 0.717) is 32.8 Å². The summed E-state index contributed by atoms with van der Waals surface area (Å²) in [5.41, 5.74) is 3.34. The number of hydrogen-bond donors (Lipinski definition) is 2. The fourth-order valence-electron chi connectivity index (χ4n) is 2.43. The van der Waals surface area contributed by atoms with Crippen LogP contribution < -0.4 is 25.0 Å². The third-order valence-corrected chi connectivity index (χ3v) is 4.60. The van der Waals surface area contributed by atoms with Crippen molar-refractivity contribution < 1.29 is 33.3 Å². The van der Waals surface area contributed by atoms with Gasteiger partial charge in [0.05, 0.1) is 24.3 Å². The number of benzene rings is 2. The van der Waals surface area contributed by atoms with Crippen LogP contribution in [0.1, 0.15) is 15.9 Å². The van der Waals surface area contributed by atoms with Gasteiger partial charge in [0.15, 0.2) is 18.1 Å². The van der Waals surface area contributed by atoms with E-state index in [1.165, 1.54) is 13.3 Å². The SMILES string of the molecule is COC(=O)COc1ccc(/C=N/NC(=O)CNC(=O)c2ccc3c(c2)OCO3)cc1Br. The highest BCUT2D eigenvalue weighted by Gasteiger charge is 2.16. The van der Waals surface area contributed by atoms with E-state index < -0.39 is 17.8 Å². The van der Waals surface area contributed by atoms with Crippen LogP contribution in [-0.2, 0) is 14.3 Å². The maximum Gasteiger partial charge on any atom is 0.343 e. The molecule has 0 aliphatic carbocycles. The predicted molar refractivity (Wildman–Crippen MR) is 112 cm³/mol. The minimum absolute atomic E-state index is 0.112. The second kappa shape index (κ2) is 10.4. The smallest absolute Gasteiger partial charge is 0.343 e. The van der Waals surface area contributed by atoms with E-state index in [-0.39, 0.29) is 19.9 Å². The van der Waals surface area contributed by atoms with Crippen molar-refractivity contribution in [2.24, 2.45) is 5.10 Å². The Morgan fingerprint density at radius 1 is 1.16 bits per heavy atom. The summed E-state index contributed by atoms with van der Waals surface area (Å²) in [5, 5.41) is 6.35. The molecule has 31 heavy (non-hydrogen) atoms. The highest BCUT2D eigenvalue weighted by molar-refractivity contribution is 9.10. The monoisotopic (exact) mass is 491 g/mol. The van der Waals surface area contributed by atoms with Gasteiger partial charge in [-0.1, -0.05) is 0 Å². The molecule has 0 atom stereocenters. The standard InChI is InChI=1S/C20H18BrN3O7/c1-28-19(26)10-29-15-4-2-12(6-14(15)21)8-23-24-18(25)9-22-20(27)13-3-5-16-17(7-13)31-11-30-16/h2-8H,9-11H2,1H3,(H,22,27)(H,24,25)/b23-8+. The molecule has 0 radical (unpaired) electrons. The largest absolute Gasteiger partial charge is 0.481 e. The molecule has 2 N–H and O–H groups in total. The van der Waals surface area contributed by atoms with E-state index in [1.54, 1.807) is 36.4 Å². The molecule has 0 aromatic heterocycles. The number of halogens is 1. The van der Waals surface area contributed by atoms with Gasteiger partial charge in [0.1, 0.15) is 5.75 Å². The van der Waals surface area contributed by atoms with Crippen LogP contribution in [0.2, 0.25) is 0 Å². The molecule has 1 aliphatic rings. The molecule has 2 aromatic rings. The molecule has 162 valence electrons. The van der Waals surface area contributed by atoms with Crippen molar-refractivity contribution in [2.45, 2.75) is 0 Å². The number of amides is 2. The van der Waals surface area contributed by atoms with Crippen molar-refractivity contribution in [2.75, 3.05) is 27.1 Å². The quantitative estimate of drug-likeness (QED) is 0.326. The summed E-state index contributed by atoms with van der Waals surface area (Å²) >= 11 is 3.33. The zero-order chi connectivity index (χ0) is 22.2. The van der Waals surface area contributed by atoms with E-state index in [2.05, 4.69) is 36.5 Å². The van der Waals surface area contributed by atoms with Crippen LogP contribution >= 0.6 is 15.9 Å². The van der Waals surface area contributed by atoms with E-state index in [0.717, 1.165) is 0 Å². The van der Waals surface area contributed by atoms with Gasteiger partial charge >= 0.3 is 5.97 Å². The van der Waals surface area contributed by atoms with Crippen LogP contribution in [0.25, 0.3) is 0 Å². The number of methoxy groups -OCH3 is 1. The van der Waals surface area contributed by atoms with Gasteiger partial charge in [0.2, 0.25) is 6.79 Å². The van der Waals surface area contributed by atoms with Crippen LogP contribution in [0.5, 0.6) is 17.2 Å². The molecular weight excluding hydrogens is 474 g/mol. The third kappa shape index (κ3) is 6.19. The number of fused-ring (bicyclic) bond motifs is 1. The molecule has 11 heteroatoms. The van der Waals surface area contributed by atoms with Crippen molar-refractivity contribution in [3.05, 3.63) is 52.0 Å². The maximum atomic E-state index is 12.2. The Morgan fingerprint density at radius 2 is 1.97 bits per heavy atom. The normalized spacial score (nSPS) is 11.8. The average Bonchev–Trinajstić information content (AvgIpc) is 3.24. The zero-order valence-corrected chi connectivity index (χ0v) is 17.9. The highest BCUT2D eigenvalue weighted by atomic mass is 79.9.